The maximum Gasteiger partial charge on any atom is 0.416 e. The number of hydrogen-bond acceptors (Lipinski definition) is 4. The van der Waals surface area contributed by atoms with Crippen molar-refractivity contribution in [1.29, 1.82) is 5.26 Å². The van der Waals surface area contributed by atoms with Crippen molar-refractivity contribution in [3.63, 3.8) is 0 Å². The number of amides is 1. The minimum atomic E-state index is -4.43. The Hall–Kier alpha value is -2.89. The lowest BCUT2D eigenvalue weighted by Gasteiger charge is -2.38. The van der Waals surface area contributed by atoms with E-state index in [4.69, 9.17) is 4.74 Å². The molecule has 4 rings (SSSR count). The van der Waals surface area contributed by atoms with Crippen molar-refractivity contribution >= 4 is 5.91 Å². The standard InChI is InChI=1S/C23H21F3N2O3/c24-23(25,26)19-7-5-17(6-8-19)21(13-27)9-11-28(12-10-21)20(29)16-1-3-18(4-2-16)22(30)14-31-15-22/h1-8,30H,9-12,14-15H2. The molecular weight excluding hydrogens is 409 g/mol. The van der Waals surface area contributed by atoms with E-state index in [1.54, 1.807) is 29.2 Å². The van der Waals surface area contributed by atoms with Crippen molar-refractivity contribution in [2.45, 2.75) is 30.0 Å². The zero-order valence-corrected chi connectivity index (χ0v) is 16.7. The first kappa shape index (κ1) is 21.3. The van der Waals surface area contributed by atoms with Crippen molar-refractivity contribution in [3.05, 3.63) is 70.8 Å². The predicted molar refractivity (Wildman–Crippen MR) is 105 cm³/mol. The lowest BCUT2D eigenvalue weighted by Crippen LogP contribution is -2.46. The second-order valence-electron chi connectivity index (χ2n) is 8.16. The molecule has 0 atom stereocenters. The fourth-order valence-corrected chi connectivity index (χ4v) is 4.10. The summed E-state index contributed by atoms with van der Waals surface area (Å²) in [5.41, 5.74) is -0.959. The molecular formula is C23H21F3N2O3. The number of ether oxygens (including phenoxy) is 1. The Bertz CT molecular complexity index is 998. The number of carbonyl (C=O) groups is 1. The molecule has 5 nitrogen and oxygen atoms in total. The summed E-state index contributed by atoms with van der Waals surface area (Å²) in [4.78, 5) is 14.5. The Labute approximate surface area is 177 Å². The summed E-state index contributed by atoms with van der Waals surface area (Å²) in [5.74, 6) is -0.178. The number of aliphatic hydroxyl groups is 1. The molecule has 1 amide bonds. The van der Waals surface area contributed by atoms with Gasteiger partial charge in [0.05, 0.1) is 30.3 Å². The van der Waals surface area contributed by atoms with Gasteiger partial charge in [-0.2, -0.15) is 18.4 Å². The Morgan fingerprint density at radius 2 is 1.55 bits per heavy atom. The third-order valence-corrected chi connectivity index (χ3v) is 6.23. The van der Waals surface area contributed by atoms with Gasteiger partial charge in [0.25, 0.3) is 5.91 Å². The van der Waals surface area contributed by atoms with E-state index in [0.717, 1.165) is 12.1 Å². The van der Waals surface area contributed by atoms with Gasteiger partial charge in [0.2, 0.25) is 0 Å². The molecule has 8 heteroatoms. The van der Waals surface area contributed by atoms with Crippen LogP contribution < -0.4 is 0 Å². The van der Waals surface area contributed by atoms with Crippen LogP contribution in [0.4, 0.5) is 13.2 Å². The number of nitrogens with zero attached hydrogens (tertiary/aromatic N) is 2. The Morgan fingerprint density at radius 1 is 1.00 bits per heavy atom. The summed E-state index contributed by atoms with van der Waals surface area (Å²) >= 11 is 0. The number of halogens is 3. The highest BCUT2D eigenvalue weighted by molar-refractivity contribution is 5.94. The summed E-state index contributed by atoms with van der Waals surface area (Å²) in [6, 6.07) is 13.7. The van der Waals surface area contributed by atoms with E-state index in [0.29, 0.717) is 42.6 Å². The molecule has 1 N–H and O–H groups in total. The monoisotopic (exact) mass is 430 g/mol. The molecule has 2 aliphatic heterocycles. The second-order valence-corrected chi connectivity index (χ2v) is 8.16. The topological polar surface area (TPSA) is 73.6 Å². The van der Waals surface area contributed by atoms with E-state index in [1.165, 1.54) is 12.1 Å². The van der Waals surface area contributed by atoms with Crippen LogP contribution in [0.15, 0.2) is 48.5 Å². The van der Waals surface area contributed by atoms with Gasteiger partial charge in [0.1, 0.15) is 5.60 Å². The molecule has 162 valence electrons. The highest BCUT2D eigenvalue weighted by Gasteiger charge is 2.40. The number of rotatable bonds is 3. The van der Waals surface area contributed by atoms with E-state index in [-0.39, 0.29) is 19.1 Å². The summed E-state index contributed by atoms with van der Waals surface area (Å²) < 4.78 is 43.5. The van der Waals surface area contributed by atoms with Gasteiger partial charge in [0, 0.05) is 18.7 Å². The summed E-state index contributed by atoms with van der Waals surface area (Å²) in [6.07, 6.45) is -3.74. The minimum Gasteiger partial charge on any atom is -0.380 e. The molecule has 2 aromatic carbocycles. The van der Waals surface area contributed by atoms with Crippen LogP contribution in [0, 0.1) is 11.3 Å². The second kappa shape index (κ2) is 7.66. The normalized spacial score (nSPS) is 19.9. The molecule has 0 saturated carbocycles. The van der Waals surface area contributed by atoms with Crippen LogP contribution in [-0.2, 0) is 21.9 Å². The third kappa shape index (κ3) is 3.91. The Kier molecular flexibility index (Phi) is 5.28. The van der Waals surface area contributed by atoms with Crippen LogP contribution in [0.1, 0.15) is 39.9 Å². The van der Waals surface area contributed by atoms with Crippen LogP contribution in [0.2, 0.25) is 0 Å². The zero-order chi connectivity index (χ0) is 22.3. The first-order chi connectivity index (χ1) is 14.7. The molecule has 2 aromatic rings. The quantitative estimate of drug-likeness (QED) is 0.807. The average molecular weight is 430 g/mol. The van der Waals surface area contributed by atoms with Gasteiger partial charge in [-0.3, -0.25) is 4.79 Å². The number of alkyl halides is 3. The smallest absolute Gasteiger partial charge is 0.380 e. The Balaban J connectivity index is 1.44. The van der Waals surface area contributed by atoms with Crippen LogP contribution in [0.3, 0.4) is 0 Å². The lowest BCUT2D eigenvalue weighted by atomic mass is 9.74. The zero-order valence-electron chi connectivity index (χ0n) is 16.7. The van der Waals surface area contributed by atoms with E-state index < -0.39 is 22.8 Å². The lowest BCUT2D eigenvalue weighted by molar-refractivity contribution is -0.184. The van der Waals surface area contributed by atoms with Crippen molar-refractivity contribution in [2.75, 3.05) is 26.3 Å². The van der Waals surface area contributed by atoms with Gasteiger partial charge in [-0.1, -0.05) is 24.3 Å². The predicted octanol–water partition coefficient (Wildman–Crippen LogP) is 3.62. The van der Waals surface area contributed by atoms with Gasteiger partial charge in [-0.15, -0.1) is 0 Å². The molecule has 31 heavy (non-hydrogen) atoms. The molecule has 0 unspecified atom stereocenters. The molecule has 0 bridgehead atoms. The first-order valence-corrected chi connectivity index (χ1v) is 9.96. The number of benzene rings is 2. The summed E-state index contributed by atoms with van der Waals surface area (Å²) in [7, 11) is 0. The molecule has 2 fully saturated rings. The SMILES string of the molecule is N#CC1(c2ccc(C(F)(F)F)cc2)CCN(C(=O)c2ccc(C3(O)COC3)cc2)CC1. The number of piperidine rings is 1. The van der Waals surface area contributed by atoms with Gasteiger partial charge in [-0.05, 0) is 48.2 Å². The van der Waals surface area contributed by atoms with Gasteiger partial charge in [0.15, 0.2) is 0 Å². The molecule has 0 radical (unpaired) electrons. The largest absolute Gasteiger partial charge is 0.416 e. The molecule has 2 saturated heterocycles. The fraction of sp³-hybridized carbons (Fsp3) is 0.391. The maximum absolute atomic E-state index is 12.9. The van der Waals surface area contributed by atoms with E-state index >= 15 is 0 Å². The summed E-state index contributed by atoms with van der Waals surface area (Å²) in [6.45, 7) is 1.11. The van der Waals surface area contributed by atoms with Crippen LogP contribution in [-0.4, -0.2) is 42.2 Å². The van der Waals surface area contributed by atoms with E-state index in [2.05, 4.69) is 6.07 Å². The molecule has 0 aliphatic carbocycles. The van der Waals surface area contributed by atoms with E-state index in [9.17, 15) is 28.3 Å². The van der Waals surface area contributed by atoms with Crippen molar-refractivity contribution in [3.8, 4) is 6.07 Å². The third-order valence-electron chi connectivity index (χ3n) is 6.23. The fourth-order valence-electron chi connectivity index (χ4n) is 4.10. The number of hydrogen-bond donors (Lipinski definition) is 1. The van der Waals surface area contributed by atoms with Gasteiger partial charge >= 0.3 is 6.18 Å². The highest BCUT2D eigenvalue weighted by atomic mass is 19.4. The first-order valence-electron chi connectivity index (χ1n) is 9.96. The number of likely N-dealkylation sites (tertiary alicyclic amines) is 1. The minimum absolute atomic E-state index is 0.178. The van der Waals surface area contributed by atoms with E-state index in [1.807, 2.05) is 0 Å². The van der Waals surface area contributed by atoms with Crippen LogP contribution >= 0.6 is 0 Å². The number of carbonyl (C=O) groups excluding carboxylic acids is 1. The summed E-state index contributed by atoms with van der Waals surface area (Å²) in [5, 5.41) is 20.1. The van der Waals surface area contributed by atoms with Gasteiger partial charge in [-0.25, -0.2) is 0 Å². The molecule has 2 heterocycles. The van der Waals surface area contributed by atoms with Crippen LogP contribution in [0.25, 0.3) is 0 Å². The molecule has 0 spiro atoms. The number of nitriles is 1. The molecule has 0 aromatic heterocycles. The highest BCUT2D eigenvalue weighted by Crippen LogP contribution is 2.37. The van der Waals surface area contributed by atoms with Crippen molar-refractivity contribution in [1.82, 2.24) is 4.90 Å². The van der Waals surface area contributed by atoms with Crippen molar-refractivity contribution < 1.29 is 27.8 Å². The van der Waals surface area contributed by atoms with Gasteiger partial charge < -0.3 is 14.7 Å². The van der Waals surface area contributed by atoms with Crippen molar-refractivity contribution in [2.24, 2.45) is 0 Å². The molecule has 2 aliphatic rings. The maximum atomic E-state index is 12.9. The van der Waals surface area contributed by atoms with Crippen LogP contribution in [0.5, 0.6) is 0 Å². The Morgan fingerprint density at radius 3 is 2.00 bits per heavy atom. The average Bonchev–Trinajstić information content (AvgIpc) is 2.76.